The van der Waals surface area contributed by atoms with Crippen LogP contribution in [0.15, 0.2) is 48.7 Å². The van der Waals surface area contributed by atoms with Crippen molar-refractivity contribution >= 4 is 28.5 Å². The number of aliphatic carboxylic acids is 1. The Morgan fingerprint density at radius 1 is 1.20 bits per heavy atom. The van der Waals surface area contributed by atoms with Crippen LogP contribution < -0.4 is 5.11 Å². The van der Waals surface area contributed by atoms with Crippen molar-refractivity contribution in [1.29, 1.82) is 0 Å². The molecular weight excluding hydrogens is 355 g/mol. The molecule has 1 N–H and O–H groups in total. The van der Waals surface area contributed by atoms with E-state index in [-0.39, 0.29) is 5.56 Å². The molecule has 3 aromatic rings. The minimum atomic E-state index is -4.51. The summed E-state index contributed by atoms with van der Waals surface area (Å²) in [6.45, 7) is 0. The number of benzene rings is 2. The molecule has 25 heavy (non-hydrogen) atoms. The van der Waals surface area contributed by atoms with Crippen LogP contribution in [-0.2, 0) is 11.0 Å². The Balaban J connectivity index is 2.15. The third kappa shape index (κ3) is 3.64. The van der Waals surface area contributed by atoms with E-state index in [0.717, 1.165) is 17.6 Å². The van der Waals surface area contributed by atoms with Crippen LogP contribution in [0.3, 0.4) is 0 Å². The number of carbonyl (C=O) groups is 1. The summed E-state index contributed by atoms with van der Waals surface area (Å²) in [5.41, 5.74) is 0.696. The molecule has 0 spiro atoms. The third-order valence-electron chi connectivity index (χ3n) is 4.04. The zero-order valence-corrected chi connectivity index (χ0v) is 13.5. The minimum absolute atomic E-state index is 0.250. The van der Waals surface area contributed by atoms with E-state index in [0.29, 0.717) is 16.0 Å². The normalized spacial score (nSPS) is 13.1. The van der Waals surface area contributed by atoms with E-state index in [4.69, 9.17) is 11.6 Å². The van der Waals surface area contributed by atoms with E-state index in [1.807, 2.05) is 0 Å². The van der Waals surface area contributed by atoms with Gasteiger partial charge in [-0.15, -0.1) is 0 Å². The second kappa shape index (κ2) is 6.44. The number of alkyl halides is 3. The second-order valence-corrected chi connectivity index (χ2v) is 6.12. The molecule has 3 nitrogen and oxygen atoms in total. The maximum Gasteiger partial charge on any atom is 0.416 e. The Morgan fingerprint density at radius 2 is 1.96 bits per heavy atom. The molecule has 0 radical (unpaired) electrons. The quantitative estimate of drug-likeness (QED) is 0.755. The molecule has 0 bridgehead atoms. The lowest BCUT2D eigenvalue weighted by Crippen LogP contribution is -2.25. The number of nitrogens with one attached hydrogen (secondary N) is 1. The summed E-state index contributed by atoms with van der Waals surface area (Å²) in [7, 11) is 0. The Hall–Kier alpha value is -2.47. The van der Waals surface area contributed by atoms with Gasteiger partial charge in [0.1, 0.15) is 0 Å². The largest absolute Gasteiger partial charge is 0.550 e. The number of hydrogen-bond donors (Lipinski definition) is 1. The number of halogens is 4. The lowest BCUT2D eigenvalue weighted by molar-refractivity contribution is -0.305. The topological polar surface area (TPSA) is 55.9 Å². The molecule has 0 unspecified atom stereocenters. The standard InChI is InChI=1S/C18H13ClF3NO2/c19-12-4-5-16-14(7-12)15(9-23-16)13(8-17(24)25)10-2-1-3-11(6-10)18(20,21)22/h1-7,9,13,23H,8H2,(H,24,25)/p-1/t13-/m1/s1. The fraction of sp³-hybridized carbons (Fsp3) is 0.167. The smallest absolute Gasteiger partial charge is 0.416 e. The van der Waals surface area contributed by atoms with Crippen LogP contribution in [0.25, 0.3) is 10.9 Å². The number of rotatable bonds is 4. The van der Waals surface area contributed by atoms with Gasteiger partial charge in [-0.05, 0) is 41.8 Å². The molecule has 1 atom stereocenters. The van der Waals surface area contributed by atoms with Gasteiger partial charge < -0.3 is 14.9 Å². The number of hydrogen-bond acceptors (Lipinski definition) is 2. The number of carboxylic acid groups (broad SMARTS) is 1. The van der Waals surface area contributed by atoms with Gasteiger partial charge in [-0.2, -0.15) is 13.2 Å². The van der Waals surface area contributed by atoms with Crippen LogP contribution in [0.5, 0.6) is 0 Å². The van der Waals surface area contributed by atoms with Crippen molar-refractivity contribution in [3.63, 3.8) is 0 Å². The fourth-order valence-corrected chi connectivity index (χ4v) is 3.08. The van der Waals surface area contributed by atoms with E-state index in [2.05, 4.69) is 4.98 Å². The first-order valence-corrected chi connectivity index (χ1v) is 7.77. The predicted octanol–water partition coefficient (Wildman–Crippen LogP) is 4.11. The molecular formula is C18H12ClF3NO2-. The number of fused-ring (bicyclic) bond motifs is 1. The molecule has 0 saturated heterocycles. The van der Waals surface area contributed by atoms with Gasteiger partial charge in [0.05, 0.1) is 5.56 Å². The summed E-state index contributed by atoms with van der Waals surface area (Å²) in [6.07, 6.45) is -3.36. The van der Waals surface area contributed by atoms with Crippen LogP contribution in [0.1, 0.15) is 29.0 Å². The highest BCUT2D eigenvalue weighted by molar-refractivity contribution is 6.31. The summed E-state index contributed by atoms with van der Waals surface area (Å²) in [5.74, 6) is -2.14. The number of H-pyrrole nitrogens is 1. The molecule has 7 heteroatoms. The van der Waals surface area contributed by atoms with E-state index in [1.165, 1.54) is 12.1 Å². The molecule has 130 valence electrons. The van der Waals surface area contributed by atoms with Crippen molar-refractivity contribution in [2.24, 2.45) is 0 Å². The van der Waals surface area contributed by atoms with Crippen molar-refractivity contribution in [1.82, 2.24) is 4.98 Å². The van der Waals surface area contributed by atoms with Crippen LogP contribution in [0.4, 0.5) is 13.2 Å². The van der Waals surface area contributed by atoms with Crippen molar-refractivity contribution in [3.8, 4) is 0 Å². The first kappa shape index (κ1) is 17.4. The minimum Gasteiger partial charge on any atom is -0.550 e. The maximum absolute atomic E-state index is 13.0. The first-order chi connectivity index (χ1) is 11.8. The van der Waals surface area contributed by atoms with Crippen molar-refractivity contribution in [2.75, 3.05) is 0 Å². The highest BCUT2D eigenvalue weighted by Gasteiger charge is 2.31. The van der Waals surface area contributed by atoms with Gasteiger partial charge in [0.25, 0.3) is 0 Å². The highest BCUT2D eigenvalue weighted by atomic mass is 35.5. The molecule has 1 aromatic heterocycles. The number of carboxylic acids is 1. The summed E-state index contributed by atoms with van der Waals surface area (Å²) >= 11 is 6.00. The zero-order chi connectivity index (χ0) is 18.2. The zero-order valence-electron chi connectivity index (χ0n) is 12.7. The summed E-state index contributed by atoms with van der Waals surface area (Å²) < 4.78 is 39.0. The SMILES string of the molecule is O=C([O-])C[C@H](c1cccc(C(F)(F)F)c1)c1c[nH]c2ccc(Cl)cc12. The molecule has 1 heterocycles. The lowest BCUT2D eigenvalue weighted by Gasteiger charge is -2.19. The van der Waals surface area contributed by atoms with E-state index >= 15 is 0 Å². The number of aromatic amines is 1. The summed E-state index contributed by atoms with van der Waals surface area (Å²) in [5, 5.41) is 12.3. The Bertz CT molecular complexity index is 933. The van der Waals surface area contributed by atoms with Gasteiger partial charge in [-0.25, -0.2) is 0 Å². The van der Waals surface area contributed by atoms with E-state index in [1.54, 1.807) is 24.4 Å². The predicted molar refractivity (Wildman–Crippen MR) is 86.2 cm³/mol. The third-order valence-corrected chi connectivity index (χ3v) is 4.27. The molecule has 0 aliphatic heterocycles. The van der Waals surface area contributed by atoms with Crippen LogP contribution in [0, 0.1) is 0 Å². The highest BCUT2D eigenvalue weighted by Crippen LogP contribution is 2.37. The van der Waals surface area contributed by atoms with Crippen molar-refractivity contribution < 1.29 is 23.1 Å². The van der Waals surface area contributed by atoms with Gasteiger partial charge in [-0.3, -0.25) is 0 Å². The van der Waals surface area contributed by atoms with Crippen molar-refractivity contribution in [2.45, 2.75) is 18.5 Å². The average molecular weight is 367 g/mol. The Kier molecular flexibility index (Phi) is 4.47. The van der Waals surface area contributed by atoms with E-state index in [9.17, 15) is 23.1 Å². The lowest BCUT2D eigenvalue weighted by atomic mass is 9.87. The monoisotopic (exact) mass is 366 g/mol. The summed E-state index contributed by atoms with van der Waals surface area (Å²) in [4.78, 5) is 14.2. The van der Waals surface area contributed by atoms with Crippen LogP contribution in [-0.4, -0.2) is 11.0 Å². The van der Waals surface area contributed by atoms with Gasteiger partial charge in [0.2, 0.25) is 0 Å². The molecule has 0 aliphatic carbocycles. The Labute approximate surface area is 146 Å². The van der Waals surface area contributed by atoms with Gasteiger partial charge in [0.15, 0.2) is 0 Å². The molecule has 0 fully saturated rings. The van der Waals surface area contributed by atoms with E-state index < -0.39 is 30.0 Å². The Morgan fingerprint density at radius 3 is 2.64 bits per heavy atom. The number of aromatic nitrogens is 1. The molecule has 2 aromatic carbocycles. The first-order valence-electron chi connectivity index (χ1n) is 7.39. The molecule has 0 aliphatic rings. The summed E-state index contributed by atoms with van der Waals surface area (Å²) in [6, 6.07) is 9.71. The van der Waals surface area contributed by atoms with Gasteiger partial charge in [0, 0.05) is 34.0 Å². The van der Waals surface area contributed by atoms with Gasteiger partial charge in [-0.1, -0.05) is 29.8 Å². The van der Waals surface area contributed by atoms with Crippen LogP contribution >= 0.6 is 11.6 Å². The maximum atomic E-state index is 13.0. The fourth-order valence-electron chi connectivity index (χ4n) is 2.91. The van der Waals surface area contributed by atoms with Crippen LogP contribution in [0.2, 0.25) is 5.02 Å². The second-order valence-electron chi connectivity index (χ2n) is 5.69. The average Bonchev–Trinajstić information content (AvgIpc) is 2.94. The van der Waals surface area contributed by atoms with Crippen molar-refractivity contribution in [3.05, 3.63) is 70.4 Å². The number of carbonyl (C=O) groups excluding carboxylic acids is 1. The molecule has 0 saturated carbocycles. The van der Waals surface area contributed by atoms with Gasteiger partial charge >= 0.3 is 6.18 Å². The molecule has 0 amide bonds. The molecule has 3 rings (SSSR count).